The van der Waals surface area contributed by atoms with Crippen LogP contribution < -0.4 is 0 Å². The fourth-order valence-corrected chi connectivity index (χ4v) is 4.28. The number of amides is 2. The molecule has 26 heavy (non-hydrogen) atoms. The Morgan fingerprint density at radius 3 is 2.31 bits per heavy atom. The number of rotatable bonds is 4. The van der Waals surface area contributed by atoms with E-state index < -0.39 is 0 Å². The largest absolute Gasteiger partial charge is 0.379 e. The summed E-state index contributed by atoms with van der Waals surface area (Å²) in [6, 6.07) is 10.5. The highest BCUT2D eigenvalue weighted by Gasteiger charge is 2.35. The number of methoxy groups -OCH3 is 1. The van der Waals surface area contributed by atoms with Gasteiger partial charge in [0.15, 0.2) is 0 Å². The summed E-state index contributed by atoms with van der Waals surface area (Å²) >= 11 is 0. The van der Waals surface area contributed by atoms with Gasteiger partial charge in [0.2, 0.25) is 11.8 Å². The van der Waals surface area contributed by atoms with Crippen molar-refractivity contribution in [2.75, 3.05) is 33.3 Å². The molecule has 2 amide bonds. The lowest BCUT2D eigenvalue weighted by Crippen LogP contribution is -2.51. The van der Waals surface area contributed by atoms with Crippen molar-refractivity contribution in [1.29, 1.82) is 0 Å². The molecule has 0 aliphatic carbocycles. The molecule has 3 rings (SSSR count). The molecule has 2 saturated heterocycles. The first-order valence-corrected chi connectivity index (χ1v) is 9.69. The van der Waals surface area contributed by atoms with Crippen molar-refractivity contribution in [3.8, 4) is 0 Å². The van der Waals surface area contributed by atoms with E-state index in [0.717, 1.165) is 32.2 Å². The topological polar surface area (TPSA) is 49.9 Å². The number of hydrogen-bond donors (Lipinski definition) is 0. The van der Waals surface area contributed by atoms with Gasteiger partial charge in [0, 0.05) is 46.1 Å². The Hall–Kier alpha value is -1.88. The van der Waals surface area contributed by atoms with Crippen LogP contribution in [0.15, 0.2) is 30.3 Å². The molecule has 2 aliphatic rings. The highest BCUT2D eigenvalue weighted by atomic mass is 16.5. The molecule has 2 aliphatic heterocycles. The number of ether oxygens (including phenoxy) is 1. The van der Waals surface area contributed by atoms with Crippen LogP contribution in [0, 0.1) is 11.8 Å². The monoisotopic (exact) mass is 358 g/mol. The Balaban J connectivity index is 1.55. The van der Waals surface area contributed by atoms with E-state index in [1.807, 2.05) is 15.9 Å². The Kier molecular flexibility index (Phi) is 6.30. The molecule has 1 aromatic rings. The summed E-state index contributed by atoms with van der Waals surface area (Å²) in [7, 11) is 1.75. The highest BCUT2D eigenvalue weighted by Crippen LogP contribution is 2.27. The molecule has 1 aromatic carbocycles. The predicted molar refractivity (Wildman–Crippen MR) is 101 cm³/mol. The molecule has 0 aromatic heterocycles. The van der Waals surface area contributed by atoms with Gasteiger partial charge in [0.1, 0.15) is 0 Å². The highest BCUT2D eigenvalue weighted by molar-refractivity contribution is 5.80. The predicted octanol–water partition coefficient (Wildman–Crippen LogP) is 2.35. The maximum atomic E-state index is 12.9. The van der Waals surface area contributed by atoms with Crippen LogP contribution in [0.1, 0.15) is 31.7 Å². The van der Waals surface area contributed by atoms with E-state index in [4.69, 9.17) is 4.74 Å². The zero-order valence-electron chi connectivity index (χ0n) is 15.9. The summed E-state index contributed by atoms with van der Waals surface area (Å²) in [4.78, 5) is 28.2. The van der Waals surface area contributed by atoms with E-state index in [2.05, 4.69) is 24.3 Å². The van der Waals surface area contributed by atoms with E-state index in [0.29, 0.717) is 25.6 Å². The van der Waals surface area contributed by atoms with Crippen LogP contribution in [0.2, 0.25) is 0 Å². The first-order chi connectivity index (χ1) is 12.6. The molecule has 2 heterocycles. The van der Waals surface area contributed by atoms with Crippen molar-refractivity contribution < 1.29 is 14.3 Å². The average molecular weight is 358 g/mol. The van der Waals surface area contributed by atoms with Crippen molar-refractivity contribution >= 4 is 11.8 Å². The number of carbonyl (C=O) groups is 2. The van der Waals surface area contributed by atoms with Crippen molar-refractivity contribution in [2.24, 2.45) is 11.8 Å². The number of likely N-dealkylation sites (tertiary alicyclic amines) is 2. The smallest absolute Gasteiger partial charge is 0.225 e. The van der Waals surface area contributed by atoms with E-state index in [9.17, 15) is 9.59 Å². The first-order valence-electron chi connectivity index (χ1n) is 9.69. The van der Waals surface area contributed by atoms with Gasteiger partial charge in [0.25, 0.3) is 0 Å². The quantitative estimate of drug-likeness (QED) is 0.830. The van der Waals surface area contributed by atoms with Crippen LogP contribution in [0.3, 0.4) is 0 Å². The normalized spacial score (nSPS) is 24.5. The third-order valence-corrected chi connectivity index (χ3v) is 5.94. The summed E-state index contributed by atoms with van der Waals surface area (Å²) in [6.07, 6.45) is 3.62. The second-order valence-electron chi connectivity index (χ2n) is 7.58. The third kappa shape index (κ3) is 4.44. The van der Waals surface area contributed by atoms with Gasteiger partial charge < -0.3 is 14.5 Å². The summed E-state index contributed by atoms with van der Waals surface area (Å²) in [6.45, 7) is 4.49. The van der Waals surface area contributed by atoms with E-state index >= 15 is 0 Å². The lowest BCUT2D eigenvalue weighted by Gasteiger charge is -2.40. The lowest BCUT2D eigenvalue weighted by molar-refractivity contribution is -0.144. The minimum absolute atomic E-state index is 0.0498. The second-order valence-corrected chi connectivity index (χ2v) is 7.58. The van der Waals surface area contributed by atoms with Crippen molar-refractivity contribution in [1.82, 2.24) is 9.80 Å². The number of hydrogen-bond acceptors (Lipinski definition) is 3. The number of benzene rings is 1. The van der Waals surface area contributed by atoms with Crippen LogP contribution >= 0.6 is 0 Å². The molecule has 5 nitrogen and oxygen atoms in total. The molecule has 0 saturated carbocycles. The van der Waals surface area contributed by atoms with Crippen molar-refractivity contribution in [3.63, 3.8) is 0 Å². The van der Waals surface area contributed by atoms with E-state index in [1.165, 1.54) is 5.56 Å². The molecular weight excluding hydrogens is 328 g/mol. The Bertz CT molecular complexity index is 611. The van der Waals surface area contributed by atoms with Crippen LogP contribution in [-0.4, -0.2) is 61.0 Å². The Morgan fingerprint density at radius 2 is 1.69 bits per heavy atom. The van der Waals surface area contributed by atoms with Crippen LogP contribution in [0.5, 0.6) is 0 Å². The number of carbonyl (C=O) groups excluding carboxylic acids is 2. The summed E-state index contributed by atoms with van der Waals surface area (Å²) in [5.41, 5.74) is 1.33. The van der Waals surface area contributed by atoms with Crippen LogP contribution in [0.25, 0.3) is 0 Å². The molecule has 0 unspecified atom stereocenters. The second kappa shape index (κ2) is 8.67. The molecular formula is C21H30N2O3. The SMILES string of the molecule is CO[C@@H]1CN(C(=O)C2CCN(C(C)=O)CC2)CC[C@@H]1Cc1ccccc1. The van der Waals surface area contributed by atoms with Gasteiger partial charge in [-0.1, -0.05) is 30.3 Å². The molecule has 2 fully saturated rings. The number of piperidine rings is 2. The van der Waals surface area contributed by atoms with Gasteiger partial charge in [-0.05, 0) is 37.2 Å². The van der Waals surface area contributed by atoms with E-state index in [1.54, 1.807) is 14.0 Å². The van der Waals surface area contributed by atoms with E-state index in [-0.39, 0.29) is 23.8 Å². The molecule has 0 bridgehead atoms. The lowest BCUT2D eigenvalue weighted by atomic mass is 9.86. The van der Waals surface area contributed by atoms with Crippen molar-refractivity contribution in [3.05, 3.63) is 35.9 Å². The molecule has 142 valence electrons. The van der Waals surface area contributed by atoms with Gasteiger partial charge in [-0.2, -0.15) is 0 Å². The van der Waals surface area contributed by atoms with Gasteiger partial charge in [-0.25, -0.2) is 0 Å². The fraction of sp³-hybridized carbons (Fsp3) is 0.619. The zero-order valence-corrected chi connectivity index (χ0v) is 15.9. The summed E-state index contributed by atoms with van der Waals surface area (Å²) in [5.74, 6) is 0.852. The molecule has 0 radical (unpaired) electrons. The maximum absolute atomic E-state index is 12.9. The fourth-order valence-electron chi connectivity index (χ4n) is 4.28. The van der Waals surface area contributed by atoms with Gasteiger partial charge >= 0.3 is 0 Å². The molecule has 0 N–H and O–H groups in total. The summed E-state index contributed by atoms with van der Waals surface area (Å²) in [5, 5.41) is 0. The molecule has 0 spiro atoms. The number of nitrogens with zero attached hydrogens (tertiary/aromatic N) is 2. The third-order valence-electron chi connectivity index (χ3n) is 5.94. The summed E-state index contributed by atoms with van der Waals surface area (Å²) < 4.78 is 5.75. The van der Waals surface area contributed by atoms with Gasteiger partial charge in [-0.3, -0.25) is 9.59 Å². The first kappa shape index (κ1) is 18.9. The van der Waals surface area contributed by atoms with Gasteiger partial charge in [0.05, 0.1) is 6.10 Å². The molecule has 5 heteroatoms. The standard InChI is InChI=1S/C21H30N2O3/c1-16(24)22-11-8-18(9-12-22)21(25)23-13-10-19(20(15-23)26-2)14-17-6-4-3-5-7-17/h3-7,18-20H,8-15H2,1-2H3/t19-,20-/m1/s1. The Labute approximate surface area is 156 Å². The minimum Gasteiger partial charge on any atom is -0.379 e. The molecule has 2 atom stereocenters. The zero-order chi connectivity index (χ0) is 18.5. The maximum Gasteiger partial charge on any atom is 0.225 e. The minimum atomic E-state index is 0.0498. The van der Waals surface area contributed by atoms with Crippen LogP contribution in [-0.2, 0) is 20.7 Å². The van der Waals surface area contributed by atoms with Gasteiger partial charge in [-0.15, -0.1) is 0 Å². The van der Waals surface area contributed by atoms with Crippen molar-refractivity contribution in [2.45, 2.75) is 38.7 Å². The Morgan fingerprint density at radius 1 is 1.04 bits per heavy atom. The average Bonchev–Trinajstić information content (AvgIpc) is 2.68. The van der Waals surface area contributed by atoms with Crippen LogP contribution in [0.4, 0.5) is 0 Å².